The number of halogens is 3. The maximum Gasteiger partial charge on any atom is 0.256 e. The molecule has 0 atom stereocenters. The van der Waals surface area contributed by atoms with Crippen LogP contribution in [0.5, 0.6) is 11.6 Å². The molecule has 0 unspecified atom stereocenters. The number of pyridine rings is 1. The van der Waals surface area contributed by atoms with Crippen LogP contribution in [0.1, 0.15) is 12.5 Å². The summed E-state index contributed by atoms with van der Waals surface area (Å²) in [5.41, 5.74) is 0.436. The second kappa shape index (κ2) is 6.63. The van der Waals surface area contributed by atoms with Crippen LogP contribution in [-0.2, 0) is 6.54 Å². The fourth-order valence-electron chi connectivity index (χ4n) is 1.58. The van der Waals surface area contributed by atoms with Crippen molar-refractivity contribution in [2.75, 3.05) is 6.54 Å². The highest BCUT2D eigenvalue weighted by molar-refractivity contribution is 6.30. The molecule has 0 bridgehead atoms. The zero-order valence-corrected chi connectivity index (χ0v) is 11.5. The molecule has 1 N–H and O–H groups in total. The summed E-state index contributed by atoms with van der Waals surface area (Å²) in [6, 6.07) is 5.43. The van der Waals surface area contributed by atoms with Gasteiger partial charge in [0.15, 0.2) is 5.82 Å². The lowest BCUT2D eigenvalue weighted by Gasteiger charge is -2.09. The molecule has 0 saturated carbocycles. The monoisotopic (exact) mass is 298 g/mol. The summed E-state index contributed by atoms with van der Waals surface area (Å²) in [5, 5.41) is 2.99. The second-order valence-electron chi connectivity index (χ2n) is 4.05. The highest BCUT2D eigenvalue weighted by Gasteiger charge is 2.12. The van der Waals surface area contributed by atoms with Gasteiger partial charge in [-0.1, -0.05) is 18.5 Å². The Morgan fingerprint density at radius 2 is 2.10 bits per heavy atom. The number of benzene rings is 1. The minimum Gasteiger partial charge on any atom is -0.436 e. The maximum absolute atomic E-state index is 14.1. The minimum absolute atomic E-state index is 0.0216. The van der Waals surface area contributed by atoms with Crippen molar-refractivity contribution >= 4 is 11.6 Å². The average Bonchev–Trinajstić information content (AvgIpc) is 2.44. The highest BCUT2D eigenvalue weighted by atomic mass is 35.5. The Morgan fingerprint density at radius 1 is 1.30 bits per heavy atom. The first-order valence-corrected chi connectivity index (χ1v) is 6.46. The predicted molar refractivity (Wildman–Crippen MR) is 73.1 cm³/mol. The van der Waals surface area contributed by atoms with E-state index in [1.807, 2.05) is 6.92 Å². The number of nitrogens with zero attached hydrogens (tertiary/aromatic N) is 1. The third kappa shape index (κ3) is 3.43. The zero-order valence-electron chi connectivity index (χ0n) is 10.8. The van der Waals surface area contributed by atoms with E-state index in [9.17, 15) is 8.78 Å². The largest absolute Gasteiger partial charge is 0.436 e. The first-order valence-electron chi connectivity index (χ1n) is 6.08. The molecule has 20 heavy (non-hydrogen) atoms. The summed E-state index contributed by atoms with van der Waals surface area (Å²) in [6.45, 7) is 3.02. The van der Waals surface area contributed by atoms with Gasteiger partial charge in [0.2, 0.25) is 0 Å². The third-order valence-electron chi connectivity index (χ3n) is 2.61. The number of rotatable bonds is 5. The summed E-state index contributed by atoms with van der Waals surface area (Å²) in [4.78, 5) is 3.81. The van der Waals surface area contributed by atoms with Crippen LogP contribution >= 0.6 is 11.6 Å². The van der Waals surface area contributed by atoms with E-state index in [1.54, 1.807) is 6.07 Å². The molecule has 0 spiro atoms. The number of hydrogen-bond donors (Lipinski definition) is 1. The van der Waals surface area contributed by atoms with Crippen molar-refractivity contribution in [3.05, 3.63) is 52.7 Å². The van der Waals surface area contributed by atoms with Gasteiger partial charge in [0, 0.05) is 24.4 Å². The lowest BCUT2D eigenvalue weighted by Crippen LogP contribution is -2.13. The van der Waals surface area contributed by atoms with Crippen molar-refractivity contribution in [1.82, 2.24) is 10.3 Å². The normalized spacial score (nSPS) is 10.6. The lowest BCUT2D eigenvalue weighted by molar-refractivity contribution is 0.415. The van der Waals surface area contributed by atoms with Crippen LogP contribution in [0, 0.1) is 11.6 Å². The van der Waals surface area contributed by atoms with Crippen molar-refractivity contribution < 1.29 is 13.5 Å². The molecule has 3 nitrogen and oxygen atoms in total. The molecule has 0 aliphatic rings. The van der Waals surface area contributed by atoms with Crippen LogP contribution in [0.2, 0.25) is 5.02 Å². The standard InChI is InChI=1S/C14H13ClF2N2O/c1-2-18-8-9-5-6-19-14(13(9)17)20-10-3-4-11(15)12(16)7-10/h3-7,18H,2,8H2,1H3. The highest BCUT2D eigenvalue weighted by Crippen LogP contribution is 2.26. The summed E-state index contributed by atoms with van der Waals surface area (Å²) >= 11 is 5.57. The zero-order chi connectivity index (χ0) is 14.5. The summed E-state index contributed by atoms with van der Waals surface area (Å²) in [7, 11) is 0. The van der Waals surface area contributed by atoms with E-state index in [-0.39, 0.29) is 16.7 Å². The Hall–Kier alpha value is -1.72. The van der Waals surface area contributed by atoms with Gasteiger partial charge in [0.05, 0.1) is 5.02 Å². The van der Waals surface area contributed by atoms with Gasteiger partial charge in [0.25, 0.3) is 5.88 Å². The SMILES string of the molecule is CCNCc1ccnc(Oc2ccc(Cl)c(F)c2)c1F. The number of ether oxygens (including phenoxy) is 1. The van der Waals surface area contributed by atoms with Crippen LogP contribution in [0.3, 0.4) is 0 Å². The molecule has 0 fully saturated rings. The van der Waals surface area contributed by atoms with Gasteiger partial charge in [-0.2, -0.15) is 0 Å². The van der Waals surface area contributed by atoms with Crippen molar-refractivity contribution in [2.24, 2.45) is 0 Å². The Kier molecular flexibility index (Phi) is 4.87. The predicted octanol–water partition coefficient (Wildman–Crippen LogP) is 3.92. The summed E-state index contributed by atoms with van der Waals surface area (Å²) < 4.78 is 32.7. The van der Waals surface area contributed by atoms with Crippen LogP contribution in [-0.4, -0.2) is 11.5 Å². The molecular formula is C14H13ClF2N2O. The Morgan fingerprint density at radius 3 is 2.80 bits per heavy atom. The summed E-state index contributed by atoms with van der Waals surface area (Å²) in [5.74, 6) is -1.25. The van der Waals surface area contributed by atoms with Crippen LogP contribution in [0.4, 0.5) is 8.78 Å². The van der Waals surface area contributed by atoms with Gasteiger partial charge in [-0.05, 0) is 24.7 Å². The molecule has 0 aliphatic heterocycles. The van der Waals surface area contributed by atoms with E-state index in [0.717, 1.165) is 12.6 Å². The third-order valence-corrected chi connectivity index (χ3v) is 2.91. The topological polar surface area (TPSA) is 34.2 Å². The average molecular weight is 299 g/mol. The summed E-state index contributed by atoms with van der Waals surface area (Å²) in [6.07, 6.45) is 1.44. The van der Waals surface area contributed by atoms with E-state index in [0.29, 0.717) is 12.1 Å². The molecule has 2 aromatic rings. The molecule has 0 radical (unpaired) electrons. The van der Waals surface area contributed by atoms with Crippen molar-refractivity contribution in [2.45, 2.75) is 13.5 Å². The Labute approximate surface area is 120 Å². The van der Waals surface area contributed by atoms with Gasteiger partial charge < -0.3 is 10.1 Å². The Balaban J connectivity index is 2.22. The number of aromatic nitrogens is 1. The van der Waals surface area contributed by atoms with E-state index in [4.69, 9.17) is 16.3 Å². The molecule has 1 aromatic heterocycles. The molecule has 1 heterocycles. The maximum atomic E-state index is 14.1. The van der Waals surface area contributed by atoms with Crippen molar-refractivity contribution in [3.63, 3.8) is 0 Å². The van der Waals surface area contributed by atoms with Crippen molar-refractivity contribution in [1.29, 1.82) is 0 Å². The molecule has 6 heteroatoms. The smallest absolute Gasteiger partial charge is 0.256 e. The molecule has 0 amide bonds. The van der Waals surface area contributed by atoms with Gasteiger partial charge in [-0.25, -0.2) is 13.8 Å². The molecule has 0 saturated heterocycles. The van der Waals surface area contributed by atoms with Crippen LogP contribution in [0.15, 0.2) is 30.5 Å². The van der Waals surface area contributed by atoms with Gasteiger partial charge in [-0.3, -0.25) is 0 Å². The first kappa shape index (κ1) is 14.7. The van der Waals surface area contributed by atoms with E-state index in [1.165, 1.54) is 18.3 Å². The second-order valence-corrected chi connectivity index (χ2v) is 4.45. The first-order chi connectivity index (χ1) is 9.61. The molecule has 1 aromatic carbocycles. The number of hydrogen-bond acceptors (Lipinski definition) is 3. The van der Waals surface area contributed by atoms with E-state index < -0.39 is 11.6 Å². The Bertz CT molecular complexity index is 608. The van der Waals surface area contributed by atoms with Crippen molar-refractivity contribution in [3.8, 4) is 11.6 Å². The minimum atomic E-state index is -0.631. The van der Waals surface area contributed by atoms with Crippen LogP contribution < -0.4 is 10.1 Å². The van der Waals surface area contributed by atoms with E-state index in [2.05, 4.69) is 10.3 Å². The van der Waals surface area contributed by atoms with Gasteiger partial charge in [0.1, 0.15) is 11.6 Å². The fourth-order valence-corrected chi connectivity index (χ4v) is 1.70. The van der Waals surface area contributed by atoms with Crippen LogP contribution in [0.25, 0.3) is 0 Å². The molecule has 0 aliphatic carbocycles. The van der Waals surface area contributed by atoms with Gasteiger partial charge >= 0.3 is 0 Å². The molecular weight excluding hydrogens is 286 g/mol. The fraction of sp³-hybridized carbons (Fsp3) is 0.214. The van der Waals surface area contributed by atoms with Gasteiger partial charge in [-0.15, -0.1) is 0 Å². The molecule has 106 valence electrons. The molecule has 2 rings (SSSR count). The number of nitrogens with one attached hydrogen (secondary N) is 1. The van der Waals surface area contributed by atoms with E-state index >= 15 is 0 Å². The lowest BCUT2D eigenvalue weighted by atomic mass is 10.2. The quantitative estimate of drug-likeness (QED) is 0.908.